The molecule has 1 aromatic rings. The molecule has 4 nitrogen and oxygen atoms in total. The molecule has 0 radical (unpaired) electrons. The molecule has 4 heteroatoms. The molecule has 2 rings (SSSR count). The van der Waals surface area contributed by atoms with Crippen molar-refractivity contribution < 1.29 is 9.53 Å². The minimum absolute atomic E-state index is 0.0259. The number of benzene rings is 1. The molecule has 22 heavy (non-hydrogen) atoms. The third-order valence-electron chi connectivity index (χ3n) is 4.17. The van der Waals surface area contributed by atoms with Crippen LogP contribution in [0.15, 0.2) is 18.2 Å². The van der Waals surface area contributed by atoms with Gasteiger partial charge in [-0.2, -0.15) is 0 Å². The number of hydrogen-bond acceptors (Lipinski definition) is 3. The number of nitrogens with zero attached hydrogens (tertiary/aromatic N) is 1. The second-order valence-electron chi connectivity index (χ2n) is 6.81. The summed E-state index contributed by atoms with van der Waals surface area (Å²) in [6.07, 6.45) is 2.83. The van der Waals surface area contributed by atoms with Crippen LogP contribution in [0.1, 0.15) is 38.3 Å². The van der Waals surface area contributed by atoms with Gasteiger partial charge < -0.3 is 15.4 Å². The summed E-state index contributed by atoms with van der Waals surface area (Å²) in [7, 11) is 1.55. The monoisotopic (exact) mass is 304 g/mol. The first-order chi connectivity index (χ1) is 10.4. The highest BCUT2D eigenvalue weighted by atomic mass is 16.5. The van der Waals surface area contributed by atoms with Crippen LogP contribution >= 0.6 is 0 Å². The molecule has 2 unspecified atom stereocenters. The Morgan fingerprint density at radius 3 is 2.82 bits per heavy atom. The van der Waals surface area contributed by atoms with Gasteiger partial charge in [-0.15, -0.1) is 0 Å². The zero-order valence-corrected chi connectivity index (χ0v) is 14.1. The predicted molar refractivity (Wildman–Crippen MR) is 90.1 cm³/mol. The first kappa shape index (κ1) is 17.0. The SMILES string of the molecule is COCC(=O)N1c2ccc(CC(N)CC(C)C)cc2CC1C. The van der Waals surface area contributed by atoms with Gasteiger partial charge in [-0.3, -0.25) is 4.79 Å². The van der Waals surface area contributed by atoms with E-state index in [2.05, 4.69) is 39.0 Å². The van der Waals surface area contributed by atoms with E-state index >= 15 is 0 Å². The van der Waals surface area contributed by atoms with E-state index in [4.69, 9.17) is 10.5 Å². The molecule has 0 aromatic heterocycles. The minimum Gasteiger partial charge on any atom is -0.375 e. The molecule has 1 aliphatic heterocycles. The highest BCUT2D eigenvalue weighted by Crippen LogP contribution is 2.33. The number of anilines is 1. The third-order valence-corrected chi connectivity index (χ3v) is 4.17. The van der Waals surface area contributed by atoms with Gasteiger partial charge in [0.1, 0.15) is 6.61 Å². The average Bonchev–Trinajstić information content (AvgIpc) is 2.73. The molecule has 0 saturated heterocycles. The maximum Gasteiger partial charge on any atom is 0.253 e. The van der Waals surface area contributed by atoms with E-state index in [1.165, 1.54) is 11.1 Å². The summed E-state index contributed by atoms with van der Waals surface area (Å²) in [4.78, 5) is 14.0. The maximum atomic E-state index is 12.2. The molecule has 0 fully saturated rings. The highest BCUT2D eigenvalue weighted by Gasteiger charge is 2.30. The molecule has 0 saturated carbocycles. The Balaban J connectivity index is 2.13. The van der Waals surface area contributed by atoms with E-state index in [1.54, 1.807) is 7.11 Å². The van der Waals surface area contributed by atoms with Crippen LogP contribution in [0, 0.1) is 5.92 Å². The van der Waals surface area contributed by atoms with Crippen molar-refractivity contribution in [3.63, 3.8) is 0 Å². The van der Waals surface area contributed by atoms with Crippen LogP contribution in [0.2, 0.25) is 0 Å². The van der Waals surface area contributed by atoms with E-state index in [0.717, 1.165) is 24.9 Å². The smallest absolute Gasteiger partial charge is 0.253 e. The number of ether oxygens (including phenoxy) is 1. The van der Waals surface area contributed by atoms with Gasteiger partial charge in [0.25, 0.3) is 5.91 Å². The third kappa shape index (κ3) is 3.87. The predicted octanol–water partition coefficient (Wildman–Crippen LogP) is 2.53. The van der Waals surface area contributed by atoms with Crippen LogP contribution in [0.5, 0.6) is 0 Å². The first-order valence-corrected chi connectivity index (χ1v) is 8.10. The molecule has 1 heterocycles. The molecular formula is C18H28N2O2. The Hall–Kier alpha value is -1.39. The minimum atomic E-state index is 0.0259. The molecular weight excluding hydrogens is 276 g/mol. The number of carbonyl (C=O) groups excluding carboxylic acids is 1. The van der Waals surface area contributed by atoms with Gasteiger partial charge in [-0.25, -0.2) is 0 Å². The number of nitrogens with two attached hydrogens (primary N) is 1. The molecule has 0 aliphatic carbocycles. The molecule has 0 bridgehead atoms. The van der Waals surface area contributed by atoms with Gasteiger partial charge in [0.15, 0.2) is 0 Å². The molecule has 1 amide bonds. The van der Waals surface area contributed by atoms with E-state index in [9.17, 15) is 4.79 Å². The van der Waals surface area contributed by atoms with Gasteiger partial charge in [0, 0.05) is 24.9 Å². The Bertz CT molecular complexity index is 528. The summed E-state index contributed by atoms with van der Waals surface area (Å²) in [5.41, 5.74) is 9.74. The van der Waals surface area contributed by atoms with Gasteiger partial charge >= 0.3 is 0 Å². The van der Waals surface area contributed by atoms with E-state index in [1.807, 2.05) is 4.90 Å². The summed E-state index contributed by atoms with van der Waals surface area (Å²) >= 11 is 0. The van der Waals surface area contributed by atoms with Crippen molar-refractivity contribution in [1.29, 1.82) is 0 Å². The Morgan fingerprint density at radius 2 is 2.18 bits per heavy atom. The lowest BCUT2D eigenvalue weighted by molar-refractivity contribution is -0.122. The largest absolute Gasteiger partial charge is 0.375 e. The lowest BCUT2D eigenvalue weighted by atomic mass is 9.96. The van der Waals surface area contributed by atoms with E-state index in [-0.39, 0.29) is 24.6 Å². The molecule has 1 aliphatic rings. The van der Waals surface area contributed by atoms with Crippen LogP contribution in [0.25, 0.3) is 0 Å². The fourth-order valence-electron chi connectivity index (χ4n) is 3.38. The quantitative estimate of drug-likeness (QED) is 0.878. The number of carbonyl (C=O) groups is 1. The van der Waals surface area contributed by atoms with Crippen molar-refractivity contribution in [3.05, 3.63) is 29.3 Å². The molecule has 1 aromatic carbocycles. The average molecular weight is 304 g/mol. The number of hydrogen-bond donors (Lipinski definition) is 1. The zero-order valence-electron chi connectivity index (χ0n) is 14.1. The van der Waals surface area contributed by atoms with Crippen molar-refractivity contribution in [2.75, 3.05) is 18.6 Å². The van der Waals surface area contributed by atoms with Gasteiger partial charge in [-0.05, 0) is 49.3 Å². The topological polar surface area (TPSA) is 55.6 Å². The second kappa shape index (κ2) is 7.25. The summed E-state index contributed by atoms with van der Waals surface area (Å²) in [6.45, 7) is 6.61. The summed E-state index contributed by atoms with van der Waals surface area (Å²) in [6, 6.07) is 6.76. The first-order valence-electron chi connectivity index (χ1n) is 8.10. The second-order valence-corrected chi connectivity index (χ2v) is 6.81. The Morgan fingerprint density at radius 1 is 1.45 bits per heavy atom. The van der Waals surface area contributed by atoms with Crippen molar-refractivity contribution >= 4 is 11.6 Å². The standard InChI is InChI=1S/C18H28N2O2/c1-12(2)7-16(19)10-14-5-6-17-15(9-14)8-13(3)20(17)18(21)11-22-4/h5-6,9,12-13,16H,7-8,10-11,19H2,1-4H3. The summed E-state index contributed by atoms with van der Waals surface area (Å²) in [5.74, 6) is 0.643. The normalized spacial score (nSPS) is 18.6. The lowest BCUT2D eigenvalue weighted by Crippen LogP contribution is -2.38. The molecule has 122 valence electrons. The molecule has 2 N–H and O–H groups in total. The van der Waals surface area contributed by atoms with Gasteiger partial charge in [-0.1, -0.05) is 26.0 Å². The lowest BCUT2D eigenvalue weighted by Gasteiger charge is -2.22. The van der Waals surface area contributed by atoms with E-state index in [0.29, 0.717) is 5.92 Å². The maximum absolute atomic E-state index is 12.2. The number of fused-ring (bicyclic) bond motifs is 1. The molecule has 0 spiro atoms. The van der Waals surface area contributed by atoms with E-state index < -0.39 is 0 Å². The van der Waals surface area contributed by atoms with Gasteiger partial charge in [0.2, 0.25) is 0 Å². The summed E-state index contributed by atoms with van der Waals surface area (Å²) in [5, 5.41) is 0. The highest BCUT2D eigenvalue weighted by molar-refractivity contribution is 5.97. The number of amides is 1. The van der Waals surface area contributed by atoms with Crippen molar-refractivity contribution in [2.45, 2.75) is 52.1 Å². The Kier molecular flexibility index (Phi) is 5.59. The number of methoxy groups -OCH3 is 1. The van der Waals surface area contributed by atoms with Crippen molar-refractivity contribution in [2.24, 2.45) is 11.7 Å². The summed E-state index contributed by atoms with van der Waals surface area (Å²) < 4.78 is 4.98. The van der Waals surface area contributed by atoms with Gasteiger partial charge in [0.05, 0.1) is 0 Å². The van der Waals surface area contributed by atoms with Crippen LogP contribution < -0.4 is 10.6 Å². The fourth-order valence-corrected chi connectivity index (χ4v) is 3.38. The Labute approximate surface area is 133 Å². The van der Waals surface area contributed by atoms with Crippen LogP contribution in [0.3, 0.4) is 0 Å². The number of rotatable bonds is 6. The van der Waals surface area contributed by atoms with Crippen LogP contribution in [-0.4, -0.2) is 31.7 Å². The van der Waals surface area contributed by atoms with Crippen molar-refractivity contribution in [3.8, 4) is 0 Å². The zero-order chi connectivity index (χ0) is 16.3. The van der Waals surface area contributed by atoms with Crippen molar-refractivity contribution in [1.82, 2.24) is 0 Å². The van der Waals surface area contributed by atoms with Crippen LogP contribution in [-0.2, 0) is 22.4 Å². The van der Waals surface area contributed by atoms with Crippen LogP contribution in [0.4, 0.5) is 5.69 Å². The fraction of sp³-hybridized carbons (Fsp3) is 0.611. The molecule has 2 atom stereocenters.